The molecule has 280 valence electrons. The first-order valence-corrected chi connectivity index (χ1v) is 21.3. The van der Waals surface area contributed by atoms with Crippen molar-refractivity contribution in [3.63, 3.8) is 0 Å². The Kier molecular flexibility index (Phi) is 15.2. The van der Waals surface area contributed by atoms with E-state index in [0.29, 0.717) is 0 Å². The van der Waals surface area contributed by atoms with Gasteiger partial charge in [-0.1, -0.05) is 109 Å². The molecule has 3 nitrogen and oxygen atoms in total. The molecule has 0 saturated carbocycles. The lowest BCUT2D eigenvalue weighted by Crippen LogP contribution is -2.29. The molecule has 0 spiro atoms. The smallest absolute Gasteiger partial charge is 0.402 e. The van der Waals surface area contributed by atoms with E-state index in [2.05, 4.69) is 192 Å². The van der Waals surface area contributed by atoms with E-state index in [-0.39, 0.29) is 0 Å². The highest BCUT2D eigenvalue weighted by Crippen LogP contribution is 2.41. The second-order valence-electron chi connectivity index (χ2n) is 14.5. The summed E-state index contributed by atoms with van der Waals surface area (Å²) in [7, 11) is -3.31. The monoisotopic (exact) mass is 754 g/mol. The van der Waals surface area contributed by atoms with Crippen LogP contribution in [0.4, 0.5) is 0 Å². The first-order chi connectivity index (χ1) is 25.6. The van der Waals surface area contributed by atoms with Gasteiger partial charge in [-0.2, -0.15) is 0 Å². The van der Waals surface area contributed by atoms with Gasteiger partial charge >= 0.3 is 7.32 Å². The maximum absolute atomic E-state index is 7.17. The molecule has 0 aliphatic heterocycles. The van der Waals surface area contributed by atoms with Gasteiger partial charge in [0.2, 0.25) is 0 Å². The summed E-state index contributed by atoms with van der Waals surface area (Å²) >= 11 is 0. The fourth-order valence-electron chi connectivity index (χ4n) is 7.62. The van der Waals surface area contributed by atoms with Gasteiger partial charge in [0, 0.05) is 0 Å². The molecule has 0 heterocycles. The van der Waals surface area contributed by atoms with Crippen LogP contribution in [0.3, 0.4) is 0 Å². The molecule has 0 atom stereocenters. The predicted molar refractivity (Wildman–Crippen MR) is 240 cm³/mol. The molecule has 6 aromatic rings. The molecule has 0 amide bonds. The molecule has 6 heteroatoms. The van der Waals surface area contributed by atoms with E-state index in [1.807, 2.05) is 0 Å². The van der Waals surface area contributed by atoms with E-state index in [9.17, 15) is 0 Å². The summed E-state index contributed by atoms with van der Waals surface area (Å²) in [5, 5.41) is 30.6. The van der Waals surface area contributed by atoms with Gasteiger partial charge in [-0.3, -0.25) is 0 Å². The van der Waals surface area contributed by atoms with Gasteiger partial charge in [0.15, 0.2) is 0 Å². The second kappa shape index (κ2) is 19.1. The molecule has 6 rings (SSSR count). The highest BCUT2D eigenvalue weighted by molar-refractivity contribution is 7.80. The number of hydrogen-bond donors (Lipinski definition) is 3. The molecule has 0 radical (unpaired) electrons. The van der Waals surface area contributed by atoms with Crippen molar-refractivity contribution in [2.75, 3.05) is 0 Å². The van der Waals surface area contributed by atoms with Crippen LogP contribution in [0.25, 0.3) is 0 Å². The summed E-state index contributed by atoms with van der Waals surface area (Å²) in [6, 6.07) is 40.2. The summed E-state index contributed by atoms with van der Waals surface area (Å²) in [6.45, 7) is 27.2. The van der Waals surface area contributed by atoms with Crippen molar-refractivity contribution in [2.24, 2.45) is 0 Å². The number of aryl methyl sites for hydroxylation is 12. The van der Waals surface area contributed by atoms with Crippen LogP contribution >= 0.6 is 15.8 Å². The lowest BCUT2D eigenvalue weighted by Gasteiger charge is -2.29. The number of benzene rings is 6. The van der Waals surface area contributed by atoms with Crippen molar-refractivity contribution < 1.29 is 15.1 Å². The molecule has 0 unspecified atom stereocenters. The Labute approximate surface area is 327 Å². The summed E-state index contributed by atoms with van der Waals surface area (Å²) < 4.78 is 0. The fraction of sp³-hybridized carbons (Fsp3) is 0.250. The third-order valence-electron chi connectivity index (χ3n) is 9.98. The Hall–Kier alpha value is -3.88. The Bertz CT molecular complexity index is 1700. The first-order valence-electron chi connectivity index (χ1n) is 18.6. The average molecular weight is 755 g/mol. The van der Waals surface area contributed by atoms with Crippen LogP contribution in [0.2, 0.25) is 0 Å². The van der Waals surface area contributed by atoms with Crippen molar-refractivity contribution in [1.82, 2.24) is 0 Å². The minimum Gasteiger partial charge on any atom is -0.402 e. The fourth-order valence-corrected chi connectivity index (χ4v) is 14.1. The standard InChI is InChI=1S/2C24H27P.BH3O3/c2*1-16-10-7-11-17(2)22(16)25(23-18(3)12-8-13-19(23)4)24-20(5)14-9-15-21(24)6;2-1(3)4/h2*7-15H,1-6H3;2-4H. The molecule has 0 aromatic heterocycles. The van der Waals surface area contributed by atoms with Gasteiger partial charge in [-0.05, 0) is 198 Å². The molecule has 6 aromatic carbocycles. The van der Waals surface area contributed by atoms with Gasteiger partial charge in [0.25, 0.3) is 0 Å². The zero-order valence-electron chi connectivity index (χ0n) is 34.2. The largest absolute Gasteiger partial charge is 0.631 e. The second-order valence-corrected chi connectivity index (χ2v) is 18.5. The molecular formula is C48H57BO3P2. The van der Waals surface area contributed by atoms with Crippen molar-refractivity contribution in [3.05, 3.63) is 176 Å². The van der Waals surface area contributed by atoms with Crippen LogP contribution in [-0.4, -0.2) is 22.4 Å². The van der Waals surface area contributed by atoms with Crippen LogP contribution in [0, 0.1) is 83.1 Å². The minimum absolute atomic E-state index is 0.571. The van der Waals surface area contributed by atoms with Crippen LogP contribution in [-0.2, 0) is 0 Å². The molecule has 54 heavy (non-hydrogen) atoms. The maximum Gasteiger partial charge on any atom is 0.631 e. The predicted octanol–water partition coefficient (Wildman–Crippen LogP) is 8.54. The molecule has 0 aliphatic rings. The molecule has 0 saturated heterocycles. The topological polar surface area (TPSA) is 60.7 Å². The first kappa shape index (κ1) is 42.9. The van der Waals surface area contributed by atoms with Gasteiger partial charge in [-0.15, -0.1) is 0 Å². The van der Waals surface area contributed by atoms with Gasteiger partial charge in [0.05, 0.1) is 0 Å². The van der Waals surface area contributed by atoms with Gasteiger partial charge < -0.3 is 15.1 Å². The van der Waals surface area contributed by atoms with E-state index in [0.717, 1.165) is 0 Å². The lowest BCUT2D eigenvalue weighted by molar-refractivity contribution is 0.278. The van der Waals surface area contributed by atoms with E-state index in [4.69, 9.17) is 15.1 Å². The lowest BCUT2D eigenvalue weighted by atomic mass is 10.1. The van der Waals surface area contributed by atoms with Crippen LogP contribution in [0.15, 0.2) is 109 Å². The van der Waals surface area contributed by atoms with Crippen LogP contribution < -0.4 is 31.8 Å². The van der Waals surface area contributed by atoms with Crippen molar-refractivity contribution in [2.45, 2.75) is 83.1 Å². The normalized spacial score (nSPS) is 10.8. The number of hydrogen-bond acceptors (Lipinski definition) is 3. The quantitative estimate of drug-likeness (QED) is 0.118. The van der Waals surface area contributed by atoms with Crippen molar-refractivity contribution >= 4 is 55.0 Å². The molecule has 3 N–H and O–H groups in total. The summed E-state index contributed by atoms with van der Waals surface area (Å²) in [6.07, 6.45) is 0. The summed E-state index contributed by atoms with van der Waals surface area (Å²) in [5.41, 5.74) is 16.8. The Morgan fingerprint density at radius 2 is 0.352 bits per heavy atom. The summed E-state index contributed by atoms with van der Waals surface area (Å²) in [4.78, 5) is 0. The maximum atomic E-state index is 7.17. The summed E-state index contributed by atoms with van der Waals surface area (Å²) in [5.74, 6) is 0. The Morgan fingerprint density at radius 1 is 0.259 bits per heavy atom. The molecular weight excluding hydrogens is 697 g/mol. The highest BCUT2D eigenvalue weighted by atomic mass is 31.1. The number of rotatable bonds is 6. The zero-order valence-corrected chi connectivity index (χ0v) is 36.0. The molecule has 0 bridgehead atoms. The highest BCUT2D eigenvalue weighted by Gasteiger charge is 2.27. The SMILES string of the molecule is Cc1cccc(C)c1P(c1c(C)cccc1C)c1c(C)cccc1C.Cc1cccc(C)c1P(c1c(C)cccc1C)c1c(C)cccc1C.OB(O)O. The van der Waals surface area contributed by atoms with Crippen molar-refractivity contribution in [1.29, 1.82) is 0 Å². The van der Waals surface area contributed by atoms with Crippen LogP contribution in [0.1, 0.15) is 66.8 Å². The van der Waals surface area contributed by atoms with Crippen molar-refractivity contribution in [3.8, 4) is 0 Å². The third-order valence-corrected chi connectivity index (χ3v) is 16.9. The van der Waals surface area contributed by atoms with Gasteiger partial charge in [0.1, 0.15) is 0 Å². The zero-order chi connectivity index (χ0) is 39.9. The van der Waals surface area contributed by atoms with Gasteiger partial charge in [-0.25, -0.2) is 0 Å². The van der Waals surface area contributed by atoms with E-state index >= 15 is 0 Å². The Balaban J connectivity index is 0.000000219. The third kappa shape index (κ3) is 9.86. The van der Waals surface area contributed by atoms with E-state index < -0.39 is 23.2 Å². The van der Waals surface area contributed by atoms with Crippen LogP contribution in [0.5, 0.6) is 0 Å². The Morgan fingerprint density at radius 3 is 0.444 bits per heavy atom. The molecule has 0 aliphatic carbocycles. The van der Waals surface area contributed by atoms with E-state index in [1.54, 1.807) is 0 Å². The average Bonchev–Trinajstić information content (AvgIpc) is 3.07. The minimum atomic E-state index is -2.17. The van der Waals surface area contributed by atoms with E-state index in [1.165, 1.54) is 98.6 Å². The molecule has 0 fully saturated rings.